The van der Waals surface area contributed by atoms with Crippen molar-refractivity contribution in [3.8, 4) is 0 Å². The molecule has 1 aromatic carbocycles. The van der Waals surface area contributed by atoms with Crippen LogP contribution in [0, 0.1) is 5.82 Å². The van der Waals surface area contributed by atoms with Crippen molar-refractivity contribution in [1.82, 2.24) is 4.98 Å². The second-order valence-electron chi connectivity index (χ2n) is 2.26. The fourth-order valence-corrected chi connectivity index (χ4v) is 2.00. The van der Waals surface area contributed by atoms with E-state index in [1.165, 1.54) is 11.3 Å². The largest absolute Gasteiger partial charge is 0.375 e. The van der Waals surface area contributed by atoms with Gasteiger partial charge < -0.3 is 5.73 Å². The van der Waals surface area contributed by atoms with Gasteiger partial charge in [-0.25, -0.2) is 9.37 Å². The van der Waals surface area contributed by atoms with Crippen molar-refractivity contribution >= 4 is 42.6 Å². The quantitative estimate of drug-likeness (QED) is 0.777. The maximum Gasteiger partial charge on any atom is 0.181 e. The van der Waals surface area contributed by atoms with Gasteiger partial charge in [0, 0.05) is 0 Å². The number of nitrogens with two attached hydrogens (primary N) is 1. The molecule has 0 saturated carbocycles. The third-order valence-electron chi connectivity index (χ3n) is 1.47. The molecule has 2 nitrogen and oxygen atoms in total. The highest BCUT2D eigenvalue weighted by Gasteiger charge is 2.08. The predicted molar refractivity (Wildman–Crippen MR) is 51.7 cm³/mol. The molecule has 1 aromatic heterocycles. The van der Waals surface area contributed by atoms with Gasteiger partial charge in [0.1, 0.15) is 5.52 Å². The van der Waals surface area contributed by atoms with Crippen LogP contribution in [0.2, 0.25) is 0 Å². The first-order chi connectivity index (χ1) is 5.68. The van der Waals surface area contributed by atoms with E-state index in [9.17, 15) is 4.39 Å². The van der Waals surface area contributed by atoms with Crippen LogP contribution in [0.3, 0.4) is 0 Å². The summed E-state index contributed by atoms with van der Waals surface area (Å²) in [6, 6.07) is 3.44. The third kappa shape index (κ3) is 1.09. The van der Waals surface area contributed by atoms with Crippen LogP contribution in [-0.2, 0) is 0 Å². The van der Waals surface area contributed by atoms with Gasteiger partial charge in [-0.3, -0.25) is 0 Å². The number of nitrogen functional groups attached to an aromatic ring is 1. The van der Waals surface area contributed by atoms with Crippen molar-refractivity contribution in [2.75, 3.05) is 5.73 Å². The lowest BCUT2D eigenvalue weighted by molar-refractivity contribution is 0.631. The zero-order valence-electron chi connectivity index (χ0n) is 5.84. The summed E-state index contributed by atoms with van der Waals surface area (Å²) in [4.78, 5) is 3.86. The molecule has 2 N–H and O–H groups in total. The maximum atomic E-state index is 13.3. The maximum absolute atomic E-state index is 13.3. The number of benzene rings is 1. The molecule has 0 aliphatic carbocycles. The zero-order valence-corrected chi connectivity index (χ0v) is 8.25. The number of hydrogen-bond acceptors (Lipinski definition) is 3. The van der Waals surface area contributed by atoms with Crippen LogP contribution in [0.1, 0.15) is 0 Å². The Hall–Kier alpha value is -0.680. The number of rotatable bonds is 0. The average molecular weight is 247 g/mol. The third-order valence-corrected chi connectivity index (χ3v) is 2.93. The van der Waals surface area contributed by atoms with Gasteiger partial charge in [-0.1, -0.05) is 11.3 Å². The monoisotopic (exact) mass is 246 g/mol. The topological polar surface area (TPSA) is 38.9 Å². The van der Waals surface area contributed by atoms with Crippen molar-refractivity contribution in [3.63, 3.8) is 0 Å². The Bertz CT molecular complexity index is 440. The van der Waals surface area contributed by atoms with Gasteiger partial charge in [0.15, 0.2) is 10.9 Å². The Morgan fingerprint density at radius 2 is 2.25 bits per heavy atom. The molecule has 0 radical (unpaired) electrons. The number of aromatic nitrogens is 1. The normalized spacial score (nSPS) is 10.8. The van der Waals surface area contributed by atoms with Crippen LogP contribution >= 0.6 is 27.3 Å². The second kappa shape index (κ2) is 2.67. The van der Waals surface area contributed by atoms with Crippen LogP contribution < -0.4 is 5.73 Å². The molecule has 0 bridgehead atoms. The molecule has 0 fully saturated rings. The molecule has 62 valence electrons. The van der Waals surface area contributed by atoms with Gasteiger partial charge in [0.2, 0.25) is 0 Å². The number of fused-ring (bicyclic) bond motifs is 1. The van der Waals surface area contributed by atoms with Crippen LogP contribution in [0.25, 0.3) is 10.2 Å². The Morgan fingerprint density at radius 3 is 3.00 bits per heavy atom. The van der Waals surface area contributed by atoms with E-state index in [-0.39, 0.29) is 5.82 Å². The van der Waals surface area contributed by atoms with E-state index >= 15 is 0 Å². The fourth-order valence-electron chi connectivity index (χ4n) is 0.954. The highest BCUT2D eigenvalue weighted by Crippen LogP contribution is 2.29. The van der Waals surface area contributed by atoms with E-state index in [0.717, 1.165) is 4.70 Å². The fraction of sp³-hybridized carbons (Fsp3) is 0. The first-order valence-electron chi connectivity index (χ1n) is 3.18. The summed E-state index contributed by atoms with van der Waals surface area (Å²) in [5.41, 5.74) is 5.77. The molecular weight excluding hydrogens is 243 g/mol. The first-order valence-corrected chi connectivity index (χ1v) is 4.79. The van der Waals surface area contributed by atoms with Crippen LogP contribution in [-0.4, -0.2) is 4.98 Å². The number of thiazole rings is 1. The highest BCUT2D eigenvalue weighted by molar-refractivity contribution is 9.10. The minimum absolute atomic E-state index is 0.340. The van der Waals surface area contributed by atoms with E-state index in [1.807, 2.05) is 0 Å². The highest BCUT2D eigenvalue weighted by atomic mass is 79.9. The van der Waals surface area contributed by atoms with Gasteiger partial charge >= 0.3 is 0 Å². The van der Waals surface area contributed by atoms with Gasteiger partial charge in [0.25, 0.3) is 0 Å². The molecule has 0 aliphatic rings. The Labute approximate surface area is 80.3 Å². The van der Waals surface area contributed by atoms with Crippen molar-refractivity contribution in [2.24, 2.45) is 0 Å². The van der Waals surface area contributed by atoms with E-state index in [2.05, 4.69) is 20.9 Å². The molecule has 0 atom stereocenters. The van der Waals surface area contributed by atoms with Crippen LogP contribution in [0.5, 0.6) is 0 Å². The van der Waals surface area contributed by atoms with Gasteiger partial charge in [-0.15, -0.1) is 0 Å². The molecule has 0 saturated heterocycles. The van der Waals surface area contributed by atoms with E-state index in [4.69, 9.17) is 5.73 Å². The van der Waals surface area contributed by atoms with E-state index in [1.54, 1.807) is 12.1 Å². The molecule has 5 heteroatoms. The summed E-state index contributed by atoms with van der Waals surface area (Å²) >= 11 is 4.36. The summed E-state index contributed by atoms with van der Waals surface area (Å²) in [5.74, 6) is -0.347. The van der Waals surface area contributed by atoms with Crippen molar-refractivity contribution in [2.45, 2.75) is 0 Å². The van der Waals surface area contributed by atoms with E-state index < -0.39 is 0 Å². The Balaban J connectivity index is 2.89. The molecule has 12 heavy (non-hydrogen) atoms. The summed E-state index contributed by atoms with van der Waals surface area (Å²) < 4.78 is 14.4. The van der Waals surface area contributed by atoms with Crippen molar-refractivity contribution in [3.05, 3.63) is 22.4 Å². The zero-order chi connectivity index (χ0) is 8.72. The summed E-state index contributed by atoms with van der Waals surface area (Å²) in [7, 11) is 0. The van der Waals surface area contributed by atoms with E-state index in [0.29, 0.717) is 15.1 Å². The minimum atomic E-state index is -0.347. The first kappa shape index (κ1) is 7.94. The summed E-state index contributed by atoms with van der Waals surface area (Å²) in [5, 5.41) is 0.391. The lowest BCUT2D eigenvalue weighted by atomic mass is 10.3. The average Bonchev–Trinajstić information content (AvgIpc) is 2.39. The van der Waals surface area contributed by atoms with Crippen LogP contribution in [0.4, 0.5) is 9.52 Å². The molecule has 2 rings (SSSR count). The number of halogens is 2. The SMILES string of the molecule is Nc1nc2c(F)c(Br)ccc2s1. The number of nitrogens with zero attached hydrogens (tertiary/aromatic N) is 1. The standard InChI is InChI=1S/C7H4BrFN2S/c8-3-1-2-4-6(5(3)9)11-7(10)12-4/h1-2H,(H2,10,11). The predicted octanol–water partition coefficient (Wildman–Crippen LogP) is 2.78. The van der Waals surface area contributed by atoms with Crippen molar-refractivity contribution < 1.29 is 4.39 Å². The second-order valence-corrected chi connectivity index (χ2v) is 4.18. The van der Waals surface area contributed by atoms with Gasteiger partial charge in [-0.2, -0.15) is 0 Å². The molecule has 0 aliphatic heterocycles. The van der Waals surface area contributed by atoms with Gasteiger partial charge in [-0.05, 0) is 28.1 Å². The Morgan fingerprint density at radius 1 is 1.50 bits per heavy atom. The molecule has 0 amide bonds. The molecule has 1 heterocycles. The number of hydrogen-bond donors (Lipinski definition) is 1. The lowest BCUT2D eigenvalue weighted by Crippen LogP contribution is -1.82. The van der Waals surface area contributed by atoms with Crippen molar-refractivity contribution in [1.29, 1.82) is 0 Å². The molecule has 0 unspecified atom stereocenters. The Kier molecular flexibility index (Phi) is 1.77. The molecule has 0 spiro atoms. The lowest BCUT2D eigenvalue weighted by Gasteiger charge is -1.92. The minimum Gasteiger partial charge on any atom is -0.375 e. The summed E-state index contributed by atoms with van der Waals surface area (Å²) in [6.07, 6.45) is 0. The molecular formula is C7H4BrFN2S. The molecule has 2 aromatic rings. The van der Waals surface area contributed by atoms with Crippen LogP contribution in [0.15, 0.2) is 16.6 Å². The number of anilines is 1. The smallest absolute Gasteiger partial charge is 0.181 e. The van der Waals surface area contributed by atoms with Gasteiger partial charge in [0.05, 0.1) is 9.17 Å². The summed E-state index contributed by atoms with van der Waals surface area (Å²) in [6.45, 7) is 0.